The number of carbonyl (C=O) groups is 1. The second-order valence-corrected chi connectivity index (χ2v) is 10.6. The first-order chi connectivity index (χ1) is 15.6. The van der Waals surface area contributed by atoms with Crippen LogP contribution in [0.15, 0.2) is 34.9 Å². The van der Waals surface area contributed by atoms with Crippen molar-refractivity contribution < 1.29 is 4.79 Å². The van der Waals surface area contributed by atoms with Gasteiger partial charge in [-0.15, -0.1) is 0 Å². The van der Waals surface area contributed by atoms with Crippen molar-refractivity contribution in [3.05, 3.63) is 62.3 Å². The monoisotopic (exact) mass is 516 g/mol. The first-order valence-electron chi connectivity index (χ1n) is 11.7. The fourth-order valence-electron chi connectivity index (χ4n) is 5.47. The third-order valence-corrected chi connectivity index (χ3v) is 7.91. The summed E-state index contributed by atoms with van der Waals surface area (Å²) in [6.45, 7) is 5.38. The molecule has 3 heterocycles. The van der Waals surface area contributed by atoms with Crippen LogP contribution >= 0.6 is 27.5 Å². The predicted octanol–water partition coefficient (Wildman–Crippen LogP) is 4.22. The number of nitrogens with zero attached hydrogens (tertiary/aromatic N) is 3. The quantitative estimate of drug-likeness (QED) is 0.662. The van der Waals surface area contributed by atoms with Crippen molar-refractivity contribution in [2.24, 2.45) is 5.92 Å². The van der Waals surface area contributed by atoms with Gasteiger partial charge in [0.2, 0.25) is 5.91 Å². The van der Waals surface area contributed by atoms with Gasteiger partial charge in [-0.1, -0.05) is 17.7 Å². The maximum atomic E-state index is 12.9. The molecule has 2 saturated heterocycles. The number of benzene rings is 1. The average molecular weight is 518 g/mol. The second-order valence-electron chi connectivity index (χ2n) is 9.26. The zero-order chi connectivity index (χ0) is 22.1. The zero-order valence-electron chi connectivity index (χ0n) is 18.3. The normalized spacial score (nSPS) is 22.2. The number of fused-ring (bicyclic) bond motifs is 2. The first-order valence-corrected chi connectivity index (χ1v) is 12.9. The van der Waals surface area contributed by atoms with Gasteiger partial charge in [-0.2, -0.15) is 0 Å². The highest BCUT2D eigenvalue weighted by Crippen LogP contribution is 2.38. The molecule has 1 aromatic carbocycles. The summed E-state index contributed by atoms with van der Waals surface area (Å²) in [6.07, 6.45) is 6.76. The maximum absolute atomic E-state index is 12.9. The summed E-state index contributed by atoms with van der Waals surface area (Å²) in [6, 6.07) is 8.60. The van der Waals surface area contributed by atoms with Gasteiger partial charge in [0.25, 0.3) is 0 Å². The lowest BCUT2D eigenvalue weighted by Crippen LogP contribution is -2.50. The molecule has 1 aliphatic carbocycles. The molecule has 2 fully saturated rings. The lowest BCUT2D eigenvalue weighted by Gasteiger charge is -2.40. The molecule has 1 atom stereocenters. The molecule has 1 N–H and O–H groups in total. The van der Waals surface area contributed by atoms with E-state index in [2.05, 4.69) is 49.2 Å². The van der Waals surface area contributed by atoms with E-state index < -0.39 is 0 Å². The maximum Gasteiger partial charge on any atom is 0.222 e. The minimum atomic E-state index is 0.106. The van der Waals surface area contributed by atoms with Crippen LogP contribution in [0, 0.1) is 5.92 Å². The summed E-state index contributed by atoms with van der Waals surface area (Å²) in [5.41, 5.74) is 5.04. The number of aromatic nitrogens is 1. The standard InChI is InChI=1S/C25H30BrClN4O/c26-20-14-19-2-1-18-15-21(27)3-4-22(18)25(24(19)29-16-20)31-11-9-30(10-12-31)23(32)13-17-5-7-28-8-6-17/h3-4,14-17,25,28H,1-2,5-13H2/t25-/m0/s1. The topological polar surface area (TPSA) is 48.5 Å². The third kappa shape index (κ3) is 4.74. The van der Waals surface area contributed by atoms with Crippen LogP contribution in [0.3, 0.4) is 0 Å². The summed E-state index contributed by atoms with van der Waals surface area (Å²) in [5.74, 6) is 0.863. The molecule has 5 rings (SSSR count). The zero-order valence-corrected chi connectivity index (χ0v) is 20.7. The summed E-state index contributed by atoms with van der Waals surface area (Å²) in [7, 11) is 0. The number of piperidine rings is 1. The summed E-state index contributed by atoms with van der Waals surface area (Å²) in [4.78, 5) is 22.4. The van der Waals surface area contributed by atoms with E-state index in [1.807, 2.05) is 12.3 Å². The van der Waals surface area contributed by atoms with E-state index >= 15 is 0 Å². The Bertz CT molecular complexity index is 932. The number of aryl methyl sites for hydroxylation is 2. The molecule has 7 heteroatoms. The van der Waals surface area contributed by atoms with Crippen molar-refractivity contribution in [2.45, 2.75) is 38.1 Å². The lowest BCUT2D eigenvalue weighted by atomic mass is 9.93. The molecule has 0 radical (unpaired) electrons. The van der Waals surface area contributed by atoms with Crippen LogP contribution < -0.4 is 5.32 Å². The highest BCUT2D eigenvalue weighted by atomic mass is 79.9. The Labute approximate surface area is 203 Å². The Kier molecular flexibility index (Phi) is 6.84. The molecule has 1 amide bonds. The van der Waals surface area contributed by atoms with Crippen LogP contribution in [0.4, 0.5) is 0 Å². The summed E-state index contributed by atoms with van der Waals surface area (Å²) >= 11 is 9.95. The van der Waals surface area contributed by atoms with Gasteiger partial charge in [0.15, 0.2) is 0 Å². The highest BCUT2D eigenvalue weighted by Gasteiger charge is 2.33. The van der Waals surface area contributed by atoms with Crippen molar-refractivity contribution in [3.8, 4) is 0 Å². The molecule has 5 nitrogen and oxygen atoms in total. The smallest absolute Gasteiger partial charge is 0.222 e. The number of amides is 1. The van der Waals surface area contributed by atoms with Crippen LogP contribution in [-0.4, -0.2) is 60.0 Å². The van der Waals surface area contributed by atoms with E-state index in [0.29, 0.717) is 18.2 Å². The molecule has 170 valence electrons. The van der Waals surface area contributed by atoms with Crippen molar-refractivity contribution in [1.29, 1.82) is 0 Å². The van der Waals surface area contributed by atoms with Crippen molar-refractivity contribution in [2.75, 3.05) is 39.3 Å². The van der Waals surface area contributed by atoms with Gasteiger partial charge in [0.05, 0.1) is 11.7 Å². The fraction of sp³-hybridized carbons (Fsp3) is 0.520. The van der Waals surface area contributed by atoms with Crippen LogP contribution in [-0.2, 0) is 17.6 Å². The first kappa shape index (κ1) is 22.3. The SMILES string of the molecule is O=C(CC1CCNCC1)N1CCN([C@H]2c3ccc(Cl)cc3CCc3cc(Br)cnc32)CC1. The van der Waals surface area contributed by atoms with Crippen LogP contribution in [0.1, 0.15) is 47.7 Å². The van der Waals surface area contributed by atoms with Gasteiger partial charge < -0.3 is 10.2 Å². The van der Waals surface area contributed by atoms with Gasteiger partial charge in [-0.05, 0) is 95.5 Å². The van der Waals surface area contributed by atoms with E-state index in [1.54, 1.807) is 0 Å². The van der Waals surface area contributed by atoms with Crippen molar-refractivity contribution in [3.63, 3.8) is 0 Å². The van der Waals surface area contributed by atoms with Gasteiger partial charge >= 0.3 is 0 Å². The molecular weight excluding hydrogens is 488 g/mol. The molecule has 0 bridgehead atoms. The van der Waals surface area contributed by atoms with Gasteiger partial charge in [-0.3, -0.25) is 14.7 Å². The number of piperazine rings is 1. The molecule has 0 saturated carbocycles. The highest BCUT2D eigenvalue weighted by molar-refractivity contribution is 9.10. The van der Waals surface area contributed by atoms with Crippen molar-refractivity contribution in [1.82, 2.24) is 20.1 Å². The predicted molar refractivity (Wildman–Crippen MR) is 131 cm³/mol. The number of nitrogens with one attached hydrogen (secondary N) is 1. The second kappa shape index (κ2) is 9.80. The molecule has 0 unspecified atom stereocenters. The molecule has 2 aromatic rings. The van der Waals surface area contributed by atoms with Crippen LogP contribution in [0.2, 0.25) is 5.02 Å². The minimum absolute atomic E-state index is 0.106. The minimum Gasteiger partial charge on any atom is -0.340 e. The van der Waals surface area contributed by atoms with Crippen LogP contribution in [0.5, 0.6) is 0 Å². The number of carbonyl (C=O) groups excluding carboxylic acids is 1. The van der Waals surface area contributed by atoms with E-state index in [-0.39, 0.29) is 6.04 Å². The van der Waals surface area contributed by atoms with Crippen molar-refractivity contribution >= 4 is 33.4 Å². The van der Waals surface area contributed by atoms with E-state index in [9.17, 15) is 4.79 Å². The summed E-state index contributed by atoms with van der Waals surface area (Å²) < 4.78 is 1.02. The van der Waals surface area contributed by atoms with E-state index in [0.717, 1.165) is 80.1 Å². The number of rotatable bonds is 3. The number of halogens is 2. The molecule has 1 aromatic heterocycles. The van der Waals surface area contributed by atoms with Gasteiger partial charge in [0.1, 0.15) is 0 Å². The summed E-state index contributed by atoms with van der Waals surface area (Å²) in [5, 5.41) is 4.18. The number of hydrogen-bond acceptors (Lipinski definition) is 4. The Hall–Kier alpha value is -1.47. The number of pyridine rings is 1. The largest absolute Gasteiger partial charge is 0.340 e. The Balaban J connectivity index is 1.35. The average Bonchev–Trinajstić information content (AvgIpc) is 2.96. The lowest BCUT2D eigenvalue weighted by molar-refractivity contribution is -0.134. The molecule has 2 aliphatic heterocycles. The van der Waals surface area contributed by atoms with Gasteiger partial charge in [0, 0.05) is 48.3 Å². The Morgan fingerprint density at radius 1 is 1.09 bits per heavy atom. The fourth-order valence-corrected chi connectivity index (χ4v) is 6.05. The Morgan fingerprint density at radius 3 is 2.62 bits per heavy atom. The third-order valence-electron chi connectivity index (χ3n) is 7.24. The molecular formula is C25H30BrClN4O. The van der Waals surface area contributed by atoms with E-state index in [4.69, 9.17) is 16.6 Å². The Morgan fingerprint density at radius 2 is 1.84 bits per heavy atom. The molecule has 3 aliphatic rings. The van der Waals surface area contributed by atoms with Gasteiger partial charge in [-0.25, -0.2) is 0 Å². The molecule has 0 spiro atoms. The number of hydrogen-bond donors (Lipinski definition) is 1. The molecule has 32 heavy (non-hydrogen) atoms. The van der Waals surface area contributed by atoms with Crippen LogP contribution in [0.25, 0.3) is 0 Å². The van der Waals surface area contributed by atoms with E-state index in [1.165, 1.54) is 16.7 Å².